The highest BCUT2D eigenvalue weighted by atomic mass is 16.6. The predicted octanol–water partition coefficient (Wildman–Crippen LogP) is 1.15. The summed E-state index contributed by atoms with van der Waals surface area (Å²) in [6.45, 7) is 9.12. The summed E-state index contributed by atoms with van der Waals surface area (Å²) in [5.41, 5.74) is 0.382. The van der Waals surface area contributed by atoms with Crippen LogP contribution in [0.2, 0.25) is 0 Å². The predicted molar refractivity (Wildman–Crippen MR) is 105 cm³/mol. The molecule has 0 radical (unpaired) electrons. The van der Waals surface area contributed by atoms with Gasteiger partial charge >= 0.3 is 6.09 Å². The van der Waals surface area contributed by atoms with Gasteiger partial charge in [0.25, 0.3) is 0 Å². The summed E-state index contributed by atoms with van der Waals surface area (Å²) in [6, 6.07) is 6.08. The number of carbonyl (C=O) groups is 1. The molecule has 0 spiro atoms. The number of ether oxygens (including phenoxy) is 1. The van der Waals surface area contributed by atoms with Gasteiger partial charge in [0.1, 0.15) is 11.4 Å². The van der Waals surface area contributed by atoms with Crippen molar-refractivity contribution in [2.75, 3.05) is 32.7 Å². The fraction of sp³-hybridized carbons (Fsp3) is 0.579. The van der Waals surface area contributed by atoms with Crippen molar-refractivity contribution in [3.05, 3.63) is 30.2 Å². The van der Waals surface area contributed by atoms with E-state index in [0.717, 1.165) is 36.9 Å². The van der Waals surface area contributed by atoms with E-state index in [1.165, 1.54) is 0 Å². The average molecular weight is 385 g/mol. The lowest BCUT2D eigenvalue weighted by Crippen LogP contribution is -2.57. The Balaban J connectivity index is 1.28. The van der Waals surface area contributed by atoms with Gasteiger partial charge in [0.2, 0.25) is 0 Å². The minimum atomic E-state index is -0.473. The number of pyridine rings is 1. The number of carbonyl (C=O) groups excluding carboxylic acids is 1. The second-order valence-corrected chi connectivity index (χ2v) is 8.16. The molecule has 0 bridgehead atoms. The van der Waals surface area contributed by atoms with Crippen LogP contribution < -0.4 is 5.32 Å². The Bertz CT molecular complexity index is 886. The molecule has 9 nitrogen and oxygen atoms in total. The molecule has 2 aliphatic heterocycles. The van der Waals surface area contributed by atoms with Gasteiger partial charge in [-0.3, -0.25) is 9.39 Å². The number of rotatable bonds is 3. The lowest BCUT2D eigenvalue weighted by Gasteiger charge is -2.39. The van der Waals surface area contributed by atoms with Gasteiger partial charge in [-0.25, -0.2) is 4.79 Å². The summed E-state index contributed by atoms with van der Waals surface area (Å²) in [7, 11) is 0. The largest absolute Gasteiger partial charge is 0.444 e. The number of nitrogens with zero attached hydrogens (tertiary/aromatic N) is 6. The van der Waals surface area contributed by atoms with Gasteiger partial charge in [-0.15, -0.1) is 10.2 Å². The molecule has 0 aliphatic carbocycles. The molecule has 1 N–H and O–H groups in total. The van der Waals surface area contributed by atoms with Crippen molar-refractivity contribution < 1.29 is 9.53 Å². The lowest BCUT2D eigenvalue weighted by atomic mass is 10.2. The second kappa shape index (κ2) is 7.29. The van der Waals surface area contributed by atoms with Crippen molar-refractivity contribution in [1.29, 1.82) is 0 Å². The van der Waals surface area contributed by atoms with Crippen molar-refractivity contribution >= 4 is 17.7 Å². The number of hydrogen-bond donors (Lipinski definition) is 1. The topological polar surface area (TPSA) is 87.4 Å². The SMILES string of the molecule is CC(C)(C)OC(=O)N1CCN2C(NCCc3nnc4ccccn34)=NCC2C1. The zero-order chi connectivity index (χ0) is 19.7. The number of nitrogens with one attached hydrogen (secondary N) is 1. The first-order valence-corrected chi connectivity index (χ1v) is 9.72. The number of guanidine groups is 1. The van der Waals surface area contributed by atoms with Crippen molar-refractivity contribution in [3.8, 4) is 0 Å². The third kappa shape index (κ3) is 3.88. The van der Waals surface area contributed by atoms with Gasteiger partial charge < -0.3 is 19.9 Å². The number of fused-ring (bicyclic) bond motifs is 2. The maximum Gasteiger partial charge on any atom is 0.410 e. The molecule has 150 valence electrons. The molecule has 2 aromatic heterocycles. The monoisotopic (exact) mass is 385 g/mol. The number of hydrogen-bond acceptors (Lipinski definition) is 7. The van der Waals surface area contributed by atoms with Crippen LogP contribution in [0.5, 0.6) is 0 Å². The number of piperazine rings is 1. The van der Waals surface area contributed by atoms with Crippen molar-refractivity contribution in [2.45, 2.75) is 38.8 Å². The first kappa shape index (κ1) is 18.5. The first-order chi connectivity index (χ1) is 13.4. The van der Waals surface area contributed by atoms with E-state index in [1.54, 1.807) is 4.90 Å². The van der Waals surface area contributed by atoms with E-state index in [9.17, 15) is 4.79 Å². The van der Waals surface area contributed by atoms with E-state index in [0.29, 0.717) is 19.6 Å². The normalized spacial score (nSPS) is 19.5. The summed E-state index contributed by atoms with van der Waals surface area (Å²) in [5, 5.41) is 11.9. The average Bonchev–Trinajstić information content (AvgIpc) is 3.24. The molecule has 9 heteroatoms. The Morgan fingerprint density at radius 1 is 1.29 bits per heavy atom. The van der Waals surface area contributed by atoms with Crippen LogP contribution in [-0.4, -0.2) is 80.8 Å². The third-order valence-corrected chi connectivity index (χ3v) is 4.87. The minimum Gasteiger partial charge on any atom is -0.444 e. The fourth-order valence-electron chi connectivity index (χ4n) is 3.57. The van der Waals surface area contributed by atoms with Crippen LogP contribution >= 0.6 is 0 Å². The molecule has 2 aromatic rings. The van der Waals surface area contributed by atoms with Crippen LogP contribution in [0.25, 0.3) is 5.65 Å². The highest BCUT2D eigenvalue weighted by Gasteiger charge is 2.36. The van der Waals surface area contributed by atoms with Crippen molar-refractivity contribution in [2.24, 2.45) is 4.99 Å². The molecule has 28 heavy (non-hydrogen) atoms. The Kier molecular flexibility index (Phi) is 4.82. The Morgan fingerprint density at radius 3 is 2.96 bits per heavy atom. The molecule has 0 saturated carbocycles. The molecule has 1 fully saturated rings. The van der Waals surface area contributed by atoms with Crippen molar-refractivity contribution in [3.63, 3.8) is 0 Å². The molecule has 4 rings (SSSR count). The first-order valence-electron chi connectivity index (χ1n) is 9.72. The van der Waals surface area contributed by atoms with E-state index in [2.05, 4.69) is 25.4 Å². The Hall–Kier alpha value is -2.84. The summed E-state index contributed by atoms with van der Waals surface area (Å²) in [4.78, 5) is 21.0. The molecule has 1 saturated heterocycles. The zero-order valence-corrected chi connectivity index (χ0v) is 16.6. The maximum absolute atomic E-state index is 12.3. The minimum absolute atomic E-state index is 0.206. The molecule has 2 aliphatic rings. The summed E-state index contributed by atoms with van der Waals surface area (Å²) < 4.78 is 7.49. The molecule has 0 aromatic carbocycles. The van der Waals surface area contributed by atoms with E-state index >= 15 is 0 Å². The molecule has 1 amide bonds. The third-order valence-electron chi connectivity index (χ3n) is 4.87. The van der Waals surface area contributed by atoms with E-state index < -0.39 is 5.60 Å². The van der Waals surface area contributed by atoms with E-state index in [1.807, 2.05) is 49.6 Å². The molecule has 1 unspecified atom stereocenters. The number of aliphatic imine (C=N–C) groups is 1. The van der Waals surface area contributed by atoms with Gasteiger partial charge in [-0.2, -0.15) is 0 Å². The van der Waals surface area contributed by atoms with Crippen LogP contribution in [0.3, 0.4) is 0 Å². The fourth-order valence-corrected chi connectivity index (χ4v) is 3.57. The summed E-state index contributed by atoms with van der Waals surface area (Å²) >= 11 is 0. The van der Waals surface area contributed by atoms with Gasteiger partial charge in [-0.1, -0.05) is 6.07 Å². The van der Waals surface area contributed by atoms with Crippen LogP contribution in [0.15, 0.2) is 29.4 Å². The van der Waals surface area contributed by atoms with Crippen LogP contribution in [-0.2, 0) is 11.2 Å². The van der Waals surface area contributed by atoms with Gasteiger partial charge in [-0.05, 0) is 32.9 Å². The highest BCUT2D eigenvalue weighted by Crippen LogP contribution is 2.18. The maximum atomic E-state index is 12.3. The van der Waals surface area contributed by atoms with E-state index in [4.69, 9.17) is 4.74 Å². The van der Waals surface area contributed by atoms with Crippen LogP contribution in [0.1, 0.15) is 26.6 Å². The lowest BCUT2D eigenvalue weighted by molar-refractivity contribution is 0.0137. The van der Waals surface area contributed by atoms with Crippen LogP contribution in [0, 0.1) is 0 Å². The molecular formula is C19H27N7O2. The number of aromatic nitrogens is 3. The van der Waals surface area contributed by atoms with Gasteiger partial charge in [0.15, 0.2) is 11.6 Å². The second-order valence-electron chi connectivity index (χ2n) is 8.16. The zero-order valence-electron chi connectivity index (χ0n) is 16.6. The summed E-state index contributed by atoms with van der Waals surface area (Å²) in [6.07, 6.45) is 2.49. The molecular weight excluding hydrogens is 358 g/mol. The van der Waals surface area contributed by atoms with Crippen molar-refractivity contribution in [1.82, 2.24) is 29.7 Å². The van der Waals surface area contributed by atoms with Gasteiger partial charge in [0, 0.05) is 38.8 Å². The quantitative estimate of drug-likeness (QED) is 0.853. The Morgan fingerprint density at radius 2 is 2.14 bits per heavy atom. The smallest absolute Gasteiger partial charge is 0.410 e. The van der Waals surface area contributed by atoms with Crippen LogP contribution in [0.4, 0.5) is 4.79 Å². The standard InChI is InChI=1S/C19H27N7O2/c1-19(2,3)28-18(27)24-10-11-25-14(13-24)12-21-17(25)20-8-7-16-23-22-15-6-4-5-9-26(15)16/h4-6,9,14H,7-8,10-13H2,1-3H3,(H,20,21). The molecule has 4 heterocycles. The van der Waals surface area contributed by atoms with E-state index in [-0.39, 0.29) is 12.1 Å². The van der Waals surface area contributed by atoms with Gasteiger partial charge in [0.05, 0.1) is 12.6 Å². The summed E-state index contributed by atoms with van der Waals surface area (Å²) in [5.74, 6) is 1.83. The molecule has 1 atom stereocenters. The highest BCUT2D eigenvalue weighted by molar-refractivity contribution is 5.82. The Labute approximate surface area is 164 Å². The number of amides is 1.